The maximum Gasteiger partial charge on any atom is 0.308 e. The third-order valence-corrected chi connectivity index (χ3v) is 6.73. The van der Waals surface area contributed by atoms with Gasteiger partial charge in [-0.15, -0.1) is 6.58 Å². The van der Waals surface area contributed by atoms with Crippen molar-refractivity contribution in [3.8, 4) is 0 Å². The number of carbonyl (C=O) groups is 1. The van der Waals surface area contributed by atoms with Crippen molar-refractivity contribution < 1.29 is 33.2 Å². The molecular weight excluding hydrogens is 496 g/mol. The molecule has 0 bridgehead atoms. The lowest BCUT2D eigenvalue weighted by Crippen LogP contribution is -2.63. The van der Waals surface area contributed by atoms with E-state index in [4.69, 9.17) is 28.4 Å². The SMILES string of the molecule is C=CCCC(=O)O[C@H]1O[C@@H]2CO[C@@H](c3ccccc3)O[C@H]2[C@H](OCc2ccccc2)[C@@H]1OCc1ccccc1. The van der Waals surface area contributed by atoms with Crippen LogP contribution in [0.3, 0.4) is 0 Å². The van der Waals surface area contributed by atoms with Gasteiger partial charge in [0.15, 0.2) is 6.29 Å². The first-order chi connectivity index (χ1) is 19.2. The first kappa shape index (κ1) is 27.2. The van der Waals surface area contributed by atoms with Crippen molar-refractivity contribution in [2.24, 2.45) is 0 Å². The lowest BCUT2D eigenvalue weighted by molar-refractivity contribution is -0.367. The Kier molecular flexibility index (Phi) is 9.53. The zero-order valence-electron chi connectivity index (χ0n) is 21.8. The number of hydrogen-bond donors (Lipinski definition) is 0. The number of rotatable bonds is 11. The van der Waals surface area contributed by atoms with Crippen LogP contribution in [0.4, 0.5) is 0 Å². The second-order valence-corrected chi connectivity index (χ2v) is 9.56. The number of fused-ring (bicyclic) bond motifs is 1. The third kappa shape index (κ3) is 7.20. The summed E-state index contributed by atoms with van der Waals surface area (Å²) in [6, 6.07) is 29.5. The summed E-state index contributed by atoms with van der Waals surface area (Å²) in [5, 5.41) is 0. The lowest BCUT2D eigenvalue weighted by Gasteiger charge is -2.48. The summed E-state index contributed by atoms with van der Waals surface area (Å²) in [6.07, 6.45) is -1.56. The molecule has 0 amide bonds. The number of hydrogen-bond acceptors (Lipinski definition) is 7. The molecule has 0 unspecified atom stereocenters. The molecule has 7 nitrogen and oxygen atoms in total. The van der Waals surface area contributed by atoms with Crippen LogP contribution in [0.2, 0.25) is 0 Å². The summed E-state index contributed by atoms with van der Waals surface area (Å²) in [5.41, 5.74) is 2.89. The number of allylic oxidation sites excluding steroid dienone is 1. The Hall–Kier alpha value is -3.33. The topological polar surface area (TPSA) is 72.5 Å². The minimum Gasteiger partial charge on any atom is -0.433 e. The van der Waals surface area contributed by atoms with E-state index in [9.17, 15) is 4.79 Å². The molecule has 204 valence electrons. The van der Waals surface area contributed by atoms with Gasteiger partial charge in [0.05, 0.1) is 19.8 Å². The molecule has 3 aromatic carbocycles. The Balaban J connectivity index is 1.42. The van der Waals surface area contributed by atoms with Gasteiger partial charge in [0, 0.05) is 12.0 Å². The predicted octanol–water partition coefficient (Wildman–Crippen LogP) is 5.51. The highest BCUT2D eigenvalue weighted by molar-refractivity contribution is 5.69. The van der Waals surface area contributed by atoms with E-state index < -0.39 is 43.0 Å². The quantitative estimate of drug-likeness (QED) is 0.239. The summed E-state index contributed by atoms with van der Waals surface area (Å²) in [7, 11) is 0. The first-order valence-electron chi connectivity index (χ1n) is 13.3. The van der Waals surface area contributed by atoms with Gasteiger partial charge >= 0.3 is 5.97 Å². The molecule has 5 rings (SSSR count). The maximum atomic E-state index is 12.7. The highest BCUT2D eigenvalue weighted by atomic mass is 16.8. The number of benzene rings is 3. The molecule has 0 spiro atoms. The van der Waals surface area contributed by atoms with Crippen LogP contribution in [0.5, 0.6) is 0 Å². The van der Waals surface area contributed by atoms with Crippen molar-refractivity contribution in [2.75, 3.05) is 6.61 Å². The molecule has 39 heavy (non-hydrogen) atoms. The standard InChI is InChI=1S/C32H34O7/c1-2-3-19-27(33)38-32-30(35-21-24-15-9-5-10-16-24)29(34-20-23-13-7-4-8-14-23)28-26(37-32)22-36-31(39-28)25-17-11-6-12-18-25/h2,4-18,26,28-32H,1,3,19-22H2/t26-,28-,29+,30+,31-,32-/m1/s1. The molecule has 3 aromatic rings. The van der Waals surface area contributed by atoms with Crippen molar-refractivity contribution in [1.82, 2.24) is 0 Å². The molecular formula is C32H34O7. The molecule has 2 saturated heterocycles. The van der Waals surface area contributed by atoms with E-state index in [1.807, 2.05) is 91.0 Å². The van der Waals surface area contributed by atoms with Crippen molar-refractivity contribution in [3.05, 3.63) is 120 Å². The summed E-state index contributed by atoms with van der Waals surface area (Å²) in [6.45, 7) is 4.56. The molecule has 0 radical (unpaired) electrons. The number of carbonyl (C=O) groups excluding carboxylic acids is 1. The normalized spacial score (nSPS) is 26.4. The second kappa shape index (κ2) is 13.6. The van der Waals surface area contributed by atoms with Crippen molar-refractivity contribution >= 4 is 5.97 Å². The smallest absolute Gasteiger partial charge is 0.308 e. The zero-order chi connectivity index (χ0) is 26.9. The molecule has 0 saturated carbocycles. The van der Waals surface area contributed by atoms with Gasteiger partial charge in [-0.2, -0.15) is 0 Å². The van der Waals surface area contributed by atoms with E-state index in [1.54, 1.807) is 6.08 Å². The Morgan fingerprint density at radius 3 is 2.03 bits per heavy atom. The number of ether oxygens (including phenoxy) is 6. The maximum absolute atomic E-state index is 12.7. The van der Waals surface area contributed by atoms with Gasteiger partial charge < -0.3 is 28.4 Å². The Bertz CT molecular complexity index is 1170. The van der Waals surface area contributed by atoms with Gasteiger partial charge in [0.25, 0.3) is 0 Å². The molecule has 2 aliphatic rings. The molecule has 2 heterocycles. The van der Waals surface area contributed by atoms with Crippen LogP contribution < -0.4 is 0 Å². The minimum absolute atomic E-state index is 0.196. The van der Waals surface area contributed by atoms with Gasteiger partial charge in [-0.05, 0) is 17.5 Å². The molecule has 2 aliphatic heterocycles. The van der Waals surface area contributed by atoms with Gasteiger partial charge in [-0.25, -0.2) is 0 Å². The summed E-state index contributed by atoms with van der Waals surface area (Å²) < 4.78 is 37.5. The van der Waals surface area contributed by atoms with Gasteiger partial charge in [0.1, 0.15) is 24.4 Å². The third-order valence-electron chi connectivity index (χ3n) is 6.73. The molecule has 7 heteroatoms. The van der Waals surface area contributed by atoms with E-state index in [0.717, 1.165) is 16.7 Å². The van der Waals surface area contributed by atoms with Gasteiger partial charge in [0.2, 0.25) is 6.29 Å². The number of esters is 1. The fourth-order valence-corrected chi connectivity index (χ4v) is 4.73. The van der Waals surface area contributed by atoms with Crippen LogP contribution in [0.1, 0.15) is 35.8 Å². The average molecular weight is 531 g/mol. The fraction of sp³-hybridized carbons (Fsp3) is 0.344. The van der Waals surface area contributed by atoms with E-state index in [0.29, 0.717) is 13.0 Å². The highest BCUT2D eigenvalue weighted by Crippen LogP contribution is 2.37. The van der Waals surface area contributed by atoms with Crippen LogP contribution in [-0.4, -0.2) is 43.3 Å². The highest BCUT2D eigenvalue weighted by Gasteiger charge is 2.52. The largest absolute Gasteiger partial charge is 0.433 e. The van der Waals surface area contributed by atoms with Gasteiger partial charge in [-0.1, -0.05) is 97.1 Å². The van der Waals surface area contributed by atoms with E-state index in [2.05, 4.69) is 6.58 Å². The average Bonchev–Trinajstić information content (AvgIpc) is 2.99. The van der Waals surface area contributed by atoms with Crippen LogP contribution >= 0.6 is 0 Å². The van der Waals surface area contributed by atoms with E-state index in [1.165, 1.54) is 0 Å². The lowest BCUT2D eigenvalue weighted by atomic mass is 9.97. The Morgan fingerprint density at radius 2 is 1.41 bits per heavy atom. The Morgan fingerprint density at radius 1 is 0.821 bits per heavy atom. The van der Waals surface area contributed by atoms with Crippen molar-refractivity contribution in [2.45, 2.75) is 63.1 Å². The van der Waals surface area contributed by atoms with Crippen molar-refractivity contribution in [1.29, 1.82) is 0 Å². The van der Waals surface area contributed by atoms with E-state index in [-0.39, 0.29) is 19.6 Å². The minimum atomic E-state index is -0.992. The Labute approximate surface area is 229 Å². The van der Waals surface area contributed by atoms with Crippen molar-refractivity contribution in [3.63, 3.8) is 0 Å². The fourth-order valence-electron chi connectivity index (χ4n) is 4.73. The molecule has 0 aliphatic carbocycles. The summed E-state index contributed by atoms with van der Waals surface area (Å²) in [4.78, 5) is 12.7. The second-order valence-electron chi connectivity index (χ2n) is 9.56. The monoisotopic (exact) mass is 530 g/mol. The first-order valence-corrected chi connectivity index (χ1v) is 13.3. The zero-order valence-corrected chi connectivity index (χ0v) is 21.8. The van der Waals surface area contributed by atoms with Crippen LogP contribution in [0.25, 0.3) is 0 Å². The molecule has 0 aromatic heterocycles. The predicted molar refractivity (Wildman–Crippen MR) is 144 cm³/mol. The molecule has 0 N–H and O–H groups in total. The van der Waals surface area contributed by atoms with E-state index >= 15 is 0 Å². The van der Waals surface area contributed by atoms with Gasteiger partial charge in [-0.3, -0.25) is 4.79 Å². The summed E-state index contributed by atoms with van der Waals surface area (Å²) >= 11 is 0. The van der Waals surface area contributed by atoms with Crippen LogP contribution in [-0.2, 0) is 46.4 Å². The molecule has 6 atom stereocenters. The summed E-state index contributed by atoms with van der Waals surface area (Å²) in [5.74, 6) is -0.395. The van der Waals surface area contributed by atoms with Crippen LogP contribution in [0.15, 0.2) is 104 Å². The molecule has 2 fully saturated rings. The van der Waals surface area contributed by atoms with Crippen LogP contribution in [0, 0.1) is 0 Å².